The van der Waals surface area contributed by atoms with Crippen LogP contribution in [0.3, 0.4) is 0 Å². The van der Waals surface area contributed by atoms with E-state index in [0.717, 1.165) is 24.2 Å². The van der Waals surface area contributed by atoms with Crippen molar-refractivity contribution in [1.82, 2.24) is 0 Å². The average molecular weight is 467 g/mol. The second-order valence-electron chi connectivity index (χ2n) is 8.81. The maximum Gasteiger partial charge on any atom is 0.291 e. The Bertz CT molecular complexity index is 1190. The smallest absolute Gasteiger partial charge is 0.291 e. The zero-order valence-corrected chi connectivity index (χ0v) is 20.3. The van der Waals surface area contributed by atoms with Gasteiger partial charge in [-0.3, -0.25) is 4.79 Å². The van der Waals surface area contributed by atoms with E-state index in [1.807, 2.05) is 13.0 Å². The van der Waals surface area contributed by atoms with Gasteiger partial charge in [-0.25, -0.2) is 0 Å². The number of rotatable bonds is 7. The highest BCUT2D eigenvalue weighted by Crippen LogP contribution is 2.42. The summed E-state index contributed by atoms with van der Waals surface area (Å²) in [4.78, 5) is 12.9. The molecule has 0 bridgehead atoms. The van der Waals surface area contributed by atoms with Crippen molar-refractivity contribution in [3.63, 3.8) is 0 Å². The Hall–Kier alpha value is -3.81. The van der Waals surface area contributed by atoms with Crippen molar-refractivity contribution in [1.29, 1.82) is 0 Å². The Balaban J connectivity index is 1.56. The van der Waals surface area contributed by atoms with Gasteiger partial charge in [-0.2, -0.15) is 0 Å². The van der Waals surface area contributed by atoms with Crippen molar-refractivity contribution in [3.05, 3.63) is 53.3 Å². The van der Waals surface area contributed by atoms with Crippen molar-refractivity contribution in [2.24, 2.45) is 0 Å². The molecule has 34 heavy (non-hydrogen) atoms. The Morgan fingerprint density at radius 1 is 1.00 bits per heavy atom. The molecule has 1 amide bonds. The lowest BCUT2D eigenvalue weighted by atomic mass is 9.78. The summed E-state index contributed by atoms with van der Waals surface area (Å²) >= 11 is 0. The molecule has 1 aliphatic rings. The predicted octanol–water partition coefficient (Wildman–Crippen LogP) is 5.75. The highest BCUT2D eigenvalue weighted by atomic mass is 16.6. The van der Waals surface area contributed by atoms with Gasteiger partial charge in [-0.05, 0) is 48.1 Å². The molecular formula is C26H30N2O6. The zero-order chi connectivity index (χ0) is 24.5. The minimum Gasteiger partial charge on any atom is -0.496 e. The van der Waals surface area contributed by atoms with Gasteiger partial charge in [0.25, 0.3) is 11.9 Å². The maximum atomic E-state index is 12.9. The molecule has 0 spiro atoms. The van der Waals surface area contributed by atoms with Gasteiger partial charge in [0.15, 0.2) is 5.76 Å². The van der Waals surface area contributed by atoms with Gasteiger partial charge in [-0.1, -0.05) is 13.8 Å². The summed E-state index contributed by atoms with van der Waals surface area (Å²) in [5.74, 6) is 1.87. The van der Waals surface area contributed by atoms with E-state index in [0.29, 0.717) is 28.7 Å². The van der Waals surface area contributed by atoms with E-state index in [9.17, 15) is 4.79 Å². The molecule has 1 aliphatic heterocycles. The van der Waals surface area contributed by atoms with E-state index in [2.05, 4.69) is 30.5 Å². The largest absolute Gasteiger partial charge is 0.496 e. The number of anilines is 2. The number of methoxy groups -OCH3 is 3. The molecule has 2 aromatic carbocycles. The van der Waals surface area contributed by atoms with E-state index >= 15 is 0 Å². The third kappa shape index (κ3) is 4.48. The Morgan fingerprint density at radius 3 is 2.35 bits per heavy atom. The summed E-state index contributed by atoms with van der Waals surface area (Å²) in [5.41, 5.74) is 3.71. The van der Waals surface area contributed by atoms with Crippen LogP contribution in [0.5, 0.6) is 28.9 Å². The van der Waals surface area contributed by atoms with E-state index in [1.165, 1.54) is 19.8 Å². The van der Waals surface area contributed by atoms with Crippen LogP contribution in [0.4, 0.5) is 11.4 Å². The predicted molar refractivity (Wildman–Crippen MR) is 130 cm³/mol. The monoisotopic (exact) mass is 466 g/mol. The van der Waals surface area contributed by atoms with Gasteiger partial charge in [0, 0.05) is 30.4 Å². The minimum atomic E-state index is -0.468. The fraction of sp³-hybridized carbons (Fsp3) is 0.346. The van der Waals surface area contributed by atoms with Gasteiger partial charge in [0.2, 0.25) is 0 Å². The Kier molecular flexibility index (Phi) is 6.32. The van der Waals surface area contributed by atoms with Crippen LogP contribution in [-0.2, 0) is 5.41 Å². The summed E-state index contributed by atoms with van der Waals surface area (Å²) in [6.45, 7) is 7.38. The topological polar surface area (TPSA) is 91.2 Å². The van der Waals surface area contributed by atoms with Crippen molar-refractivity contribution in [2.75, 3.05) is 38.5 Å². The van der Waals surface area contributed by atoms with E-state index in [4.69, 9.17) is 23.4 Å². The number of furan rings is 1. The van der Waals surface area contributed by atoms with Crippen molar-refractivity contribution < 1.29 is 28.2 Å². The molecule has 0 fully saturated rings. The molecule has 180 valence electrons. The molecule has 0 unspecified atom stereocenters. The van der Waals surface area contributed by atoms with E-state index in [-0.39, 0.29) is 17.1 Å². The average Bonchev–Trinajstić information content (AvgIpc) is 3.28. The lowest BCUT2D eigenvalue weighted by molar-refractivity contribution is 0.0991. The number of ether oxygens (including phenoxy) is 4. The second kappa shape index (κ2) is 9.21. The van der Waals surface area contributed by atoms with Crippen molar-refractivity contribution in [3.8, 4) is 28.9 Å². The number of aryl methyl sites for hydroxylation is 1. The molecule has 4 rings (SSSR count). The molecule has 0 saturated carbocycles. The summed E-state index contributed by atoms with van der Waals surface area (Å²) in [6.07, 6.45) is 1.03. The Morgan fingerprint density at radius 2 is 1.71 bits per heavy atom. The van der Waals surface area contributed by atoms with Gasteiger partial charge >= 0.3 is 0 Å². The molecule has 3 aromatic rings. The van der Waals surface area contributed by atoms with Crippen LogP contribution in [0, 0.1) is 6.92 Å². The first-order valence-electron chi connectivity index (χ1n) is 11.0. The molecule has 2 heterocycles. The number of hydrogen-bond donors (Lipinski definition) is 2. The second-order valence-corrected chi connectivity index (χ2v) is 8.81. The summed E-state index contributed by atoms with van der Waals surface area (Å²) in [5, 5.41) is 6.24. The fourth-order valence-corrected chi connectivity index (χ4v) is 4.06. The van der Waals surface area contributed by atoms with Crippen molar-refractivity contribution >= 4 is 17.3 Å². The van der Waals surface area contributed by atoms with Gasteiger partial charge in [0.1, 0.15) is 28.7 Å². The molecule has 0 aliphatic carbocycles. The van der Waals surface area contributed by atoms with Crippen LogP contribution in [-0.4, -0.2) is 33.8 Å². The molecule has 1 aromatic heterocycles. The van der Waals surface area contributed by atoms with E-state index < -0.39 is 5.91 Å². The minimum absolute atomic E-state index is 0.0388. The lowest BCUT2D eigenvalue weighted by Gasteiger charge is -2.34. The molecule has 0 atom stereocenters. The summed E-state index contributed by atoms with van der Waals surface area (Å²) in [7, 11) is 4.54. The third-order valence-electron chi connectivity index (χ3n) is 6.08. The maximum absolute atomic E-state index is 12.9. The first kappa shape index (κ1) is 23.4. The molecule has 8 nitrogen and oxygen atoms in total. The van der Waals surface area contributed by atoms with Gasteiger partial charge in [-0.15, -0.1) is 0 Å². The Labute approximate surface area is 199 Å². The summed E-state index contributed by atoms with van der Waals surface area (Å²) in [6, 6.07) is 10.6. The highest BCUT2D eigenvalue weighted by molar-refractivity contribution is 6.04. The molecule has 8 heteroatoms. The van der Waals surface area contributed by atoms with Gasteiger partial charge in [0.05, 0.1) is 21.3 Å². The molecule has 0 saturated heterocycles. The van der Waals surface area contributed by atoms with Crippen LogP contribution in [0.1, 0.15) is 41.9 Å². The van der Waals surface area contributed by atoms with Crippen molar-refractivity contribution in [2.45, 2.75) is 32.6 Å². The highest BCUT2D eigenvalue weighted by Gasteiger charge is 2.28. The molecule has 2 N–H and O–H groups in total. The molecule has 0 radical (unpaired) electrons. The zero-order valence-electron chi connectivity index (χ0n) is 20.3. The number of carbonyl (C=O) groups excluding carboxylic acids is 1. The quantitative estimate of drug-likeness (QED) is 0.458. The van der Waals surface area contributed by atoms with Crippen LogP contribution in [0.15, 0.2) is 40.8 Å². The number of nitrogens with one attached hydrogen (secondary N) is 2. The standard InChI is InChI=1S/C26H30N2O6/c1-15-11-18-17(26(2,3)9-10-27-18)14-20(15)34-23-8-7-19(33-23)25(29)28-24-21(31-5)12-16(30-4)13-22(24)32-6/h7-8,11-14,27H,9-10H2,1-6H3,(H,28,29). The number of hydrogen-bond acceptors (Lipinski definition) is 7. The molecular weight excluding hydrogens is 436 g/mol. The van der Waals surface area contributed by atoms with Crippen LogP contribution >= 0.6 is 0 Å². The first-order chi connectivity index (χ1) is 16.2. The SMILES string of the molecule is COc1cc(OC)c(NC(=O)c2ccc(Oc3cc4c(cc3C)NCCC4(C)C)o2)c(OC)c1. The normalized spacial score (nSPS) is 13.9. The number of amides is 1. The van der Waals surface area contributed by atoms with Crippen LogP contribution < -0.4 is 29.6 Å². The fourth-order valence-electron chi connectivity index (χ4n) is 4.06. The number of carbonyl (C=O) groups is 1. The first-order valence-corrected chi connectivity index (χ1v) is 11.0. The third-order valence-corrected chi connectivity index (χ3v) is 6.08. The van der Waals surface area contributed by atoms with Crippen LogP contribution in [0.2, 0.25) is 0 Å². The van der Waals surface area contributed by atoms with E-state index in [1.54, 1.807) is 31.4 Å². The number of fused-ring (bicyclic) bond motifs is 1. The summed E-state index contributed by atoms with van der Waals surface area (Å²) < 4.78 is 27.8. The lowest BCUT2D eigenvalue weighted by Crippen LogP contribution is -2.28. The number of benzene rings is 2. The van der Waals surface area contributed by atoms with Gasteiger partial charge < -0.3 is 34.0 Å². The van der Waals surface area contributed by atoms with Crippen LogP contribution in [0.25, 0.3) is 0 Å².